The van der Waals surface area contributed by atoms with Crippen LogP contribution in [0.4, 0.5) is 5.69 Å². The Hall–Kier alpha value is -3.11. The molecule has 3 aromatic rings. The number of anilines is 1. The lowest BCUT2D eigenvalue weighted by Crippen LogP contribution is -2.39. The van der Waals surface area contributed by atoms with Gasteiger partial charge in [0.25, 0.3) is 0 Å². The van der Waals surface area contributed by atoms with E-state index < -0.39 is 5.60 Å². The second-order valence-corrected chi connectivity index (χ2v) is 8.75. The molecule has 0 amide bonds. The molecule has 1 aliphatic rings. The summed E-state index contributed by atoms with van der Waals surface area (Å²) in [4.78, 5) is 14.4. The molecule has 2 unspecified atom stereocenters. The molecule has 0 aliphatic carbocycles. The van der Waals surface area contributed by atoms with Crippen molar-refractivity contribution in [2.24, 2.45) is 0 Å². The minimum absolute atomic E-state index is 0.0808. The van der Waals surface area contributed by atoms with Crippen LogP contribution in [-0.2, 0) is 17.8 Å². The smallest absolute Gasteiger partial charge is 0.338 e. The molecule has 31 heavy (non-hydrogen) atoms. The van der Waals surface area contributed by atoms with Crippen molar-refractivity contribution in [1.82, 2.24) is 0 Å². The first-order valence-corrected chi connectivity index (χ1v) is 10.7. The maximum Gasteiger partial charge on any atom is 0.338 e. The fraction of sp³-hybridized carbons (Fsp3) is 0.296. The average molecular weight is 416 g/mol. The predicted octanol–water partition coefficient (Wildman–Crippen LogP) is 5.23. The molecule has 1 N–H and O–H groups in total. The molecule has 0 saturated carbocycles. The maximum absolute atomic E-state index is 12.2. The Morgan fingerprint density at radius 2 is 1.68 bits per heavy atom. The van der Waals surface area contributed by atoms with Crippen molar-refractivity contribution >= 4 is 11.7 Å². The minimum Gasteiger partial charge on any atom is -0.457 e. The fourth-order valence-electron chi connectivity index (χ4n) is 4.53. The number of carbonyl (C=O) groups is 1. The van der Waals surface area contributed by atoms with E-state index >= 15 is 0 Å². The Bertz CT molecular complexity index is 1060. The van der Waals surface area contributed by atoms with Gasteiger partial charge in [0.05, 0.1) is 11.2 Å². The van der Waals surface area contributed by atoms with Gasteiger partial charge in [0.1, 0.15) is 6.61 Å². The van der Waals surface area contributed by atoms with E-state index in [4.69, 9.17) is 4.74 Å². The van der Waals surface area contributed by atoms with Crippen molar-refractivity contribution < 1.29 is 14.6 Å². The lowest BCUT2D eigenvalue weighted by molar-refractivity contribution is 0.0454. The zero-order chi connectivity index (χ0) is 22.0. The molecule has 0 spiro atoms. The first-order chi connectivity index (χ1) is 14.9. The van der Waals surface area contributed by atoms with Crippen molar-refractivity contribution in [2.75, 3.05) is 11.9 Å². The van der Waals surface area contributed by atoms with Gasteiger partial charge >= 0.3 is 5.97 Å². The molecule has 160 valence electrons. The molecular formula is C27H29NO3. The number of fused-ring (bicyclic) bond motifs is 1. The third-order valence-electron chi connectivity index (χ3n) is 6.12. The zero-order valence-corrected chi connectivity index (χ0v) is 18.3. The average Bonchev–Trinajstić information content (AvgIpc) is 3.14. The fourth-order valence-corrected chi connectivity index (χ4v) is 4.53. The number of cyclic esters (lactones) is 1. The van der Waals surface area contributed by atoms with Crippen LogP contribution in [0.1, 0.15) is 41.8 Å². The van der Waals surface area contributed by atoms with Crippen LogP contribution in [0.3, 0.4) is 0 Å². The molecule has 4 heteroatoms. The SMILES string of the molecule is CC(CC(C)(O)Cc1ccccc1)N(C)c1ccc2c(c1-c1ccccc1)COC2=O. The van der Waals surface area contributed by atoms with Gasteiger partial charge in [-0.3, -0.25) is 0 Å². The summed E-state index contributed by atoms with van der Waals surface area (Å²) < 4.78 is 5.33. The number of benzene rings is 3. The van der Waals surface area contributed by atoms with Crippen LogP contribution in [0.5, 0.6) is 0 Å². The highest BCUT2D eigenvalue weighted by molar-refractivity contribution is 5.98. The Balaban J connectivity index is 1.64. The van der Waals surface area contributed by atoms with E-state index in [0.29, 0.717) is 25.0 Å². The van der Waals surface area contributed by atoms with Crippen LogP contribution in [0, 0.1) is 0 Å². The largest absolute Gasteiger partial charge is 0.457 e. The van der Waals surface area contributed by atoms with E-state index in [1.807, 2.05) is 67.6 Å². The predicted molar refractivity (Wildman–Crippen MR) is 124 cm³/mol. The summed E-state index contributed by atoms with van der Waals surface area (Å²) >= 11 is 0. The van der Waals surface area contributed by atoms with Gasteiger partial charge in [-0.2, -0.15) is 0 Å². The van der Waals surface area contributed by atoms with Gasteiger partial charge in [0.2, 0.25) is 0 Å². The van der Waals surface area contributed by atoms with Crippen molar-refractivity contribution in [3.63, 3.8) is 0 Å². The number of aliphatic hydroxyl groups is 1. The summed E-state index contributed by atoms with van der Waals surface area (Å²) in [7, 11) is 2.05. The summed E-state index contributed by atoms with van der Waals surface area (Å²) in [6.07, 6.45) is 1.21. The van der Waals surface area contributed by atoms with Crippen LogP contribution in [-0.4, -0.2) is 29.8 Å². The number of nitrogens with zero attached hydrogens (tertiary/aromatic N) is 1. The van der Waals surface area contributed by atoms with Crippen molar-refractivity contribution in [3.8, 4) is 11.1 Å². The molecule has 2 atom stereocenters. The number of esters is 1. The molecule has 1 aliphatic heterocycles. The van der Waals surface area contributed by atoms with Gasteiger partial charge in [-0.1, -0.05) is 60.7 Å². The summed E-state index contributed by atoms with van der Waals surface area (Å²) in [5.74, 6) is -0.264. The second-order valence-electron chi connectivity index (χ2n) is 8.75. The normalized spacial score (nSPS) is 15.7. The first-order valence-electron chi connectivity index (χ1n) is 10.7. The summed E-state index contributed by atoms with van der Waals surface area (Å²) in [5, 5.41) is 11.1. The van der Waals surface area contributed by atoms with E-state index in [1.165, 1.54) is 0 Å². The quantitative estimate of drug-likeness (QED) is 0.537. The Morgan fingerprint density at radius 1 is 1.03 bits per heavy atom. The lowest BCUT2D eigenvalue weighted by atomic mass is 9.89. The van der Waals surface area contributed by atoms with Crippen molar-refractivity contribution in [3.05, 3.63) is 89.5 Å². The van der Waals surface area contributed by atoms with Crippen molar-refractivity contribution in [1.29, 1.82) is 0 Å². The summed E-state index contributed by atoms with van der Waals surface area (Å²) in [6, 6.07) is 24.1. The number of hydrogen-bond donors (Lipinski definition) is 1. The Kier molecular flexibility index (Phi) is 5.84. The van der Waals surface area contributed by atoms with Gasteiger partial charge < -0.3 is 14.7 Å². The van der Waals surface area contributed by atoms with E-state index in [2.05, 4.69) is 31.0 Å². The molecule has 0 aromatic heterocycles. The molecule has 0 fully saturated rings. The first kappa shape index (κ1) is 21.1. The third-order valence-corrected chi connectivity index (χ3v) is 6.12. The molecular weight excluding hydrogens is 386 g/mol. The molecule has 0 saturated heterocycles. The van der Waals surface area contributed by atoms with Crippen molar-refractivity contribution in [2.45, 2.75) is 44.9 Å². The monoisotopic (exact) mass is 415 g/mol. The number of ether oxygens (including phenoxy) is 1. The molecule has 0 radical (unpaired) electrons. The highest BCUT2D eigenvalue weighted by Crippen LogP contribution is 2.40. The molecule has 4 rings (SSSR count). The van der Waals surface area contributed by atoms with Crippen LogP contribution < -0.4 is 4.90 Å². The van der Waals surface area contributed by atoms with Gasteiger partial charge in [0.15, 0.2) is 0 Å². The van der Waals surface area contributed by atoms with Gasteiger partial charge in [0, 0.05) is 36.3 Å². The Morgan fingerprint density at radius 3 is 2.35 bits per heavy atom. The standard InChI is InChI=1S/C27H29NO3/c1-19(16-27(2,30)17-20-10-6-4-7-11-20)28(3)24-15-14-22-23(18-31-26(22)29)25(24)21-12-8-5-9-13-21/h4-15,19,30H,16-18H2,1-3H3. The van der Waals surface area contributed by atoms with E-state index in [9.17, 15) is 9.90 Å². The van der Waals surface area contributed by atoms with E-state index in [1.54, 1.807) is 0 Å². The van der Waals surface area contributed by atoms with Crippen LogP contribution >= 0.6 is 0 Å². The van der Waals surface area contributed by atoms with Crippen LogP contribution in [0.15, 0.2) is 72.8 Å². The van der Waals surface area contributed by atoms with Gasteiger partial charge in [-0.25, -0.2) is 4.79 Å². The number of rotatable bonds is 7. The summed E-state index contributed by atoms with van der Waals surface area (Å²) in [6.45, 7) is 4.32. The summed E-state index contributed by atoms with van der Waals surface area (Å²) in [5.41, 5.74) is 4.98. The highest BCUT2D eigenvalue weighted by Gasteiger charge is 2.30. The Labute approximate surface area is 184 Å². The lowest BCUT2D eigenvalue weighted by Gasteiger charge is -2.35. The molecule has 3 aromatic carbocycles. The minimum atomic E-state index is -0.836. The number of carbonyl (C=O) groups excluding carboxylic acids is 1. The van der Waals surface area contributed by atoms with Gasteiger partial charge in [-0.05, 0) is 43.5 Å². The topological polar surface area (TPSA) is 49.8 Å². The zero-order valence-electron chi connectivity index (χ0n) is 18.3. The third kappa shape index (κ3) is 4.49. The highest BCUT2D eigenvalue weighted by atomic mass is 16.5. The molecule has 0 bridgehead atoms. The number of hydrogen-bond acceptors (Lipinski definition) is 4. The van der Waals surface area contributed by atoms with Crippen LogP contribution in [0.25, 0.3) is 11.1 Å². The molecule has 4 nitrogen and oxygen atoms in total. The van der Waals surface area contributed by atoms with Crippen LogP contribution in [0.2, 0.25) is 0 Å². The maximum atomic E-state index is 12.2. The van der Waals surface area contributed by atoms with E-state index in [0.717, 1.165) is 27.9 Å². The van der Waals surface area contributed by atoms with E-state index in [-0.39, 0.29) is 12.0 Å². The molecule has 1 heterocycles. The second kappa shape index (κ2) is 8.56. The van der Waals surface area contributed by atoms with Gasteiger partial charge in [-0.15, -0.1) is 0 Å².